The fourth-order valence-corrected chi connectivity index (χ4v) is 11.8. The van der Waals surface area contributed by atoms with Crippen molar-refractivity contribution in [2.45, 2.75) is 37.9 Å². The molecule has 1 saturated heterocycles. The topological polar surface area (TPSA) is 27.3 Å². The van der Waals surface area contributed by atoms with Crippen LogP contribution in [-0.4, -0.2) is 16.8 Å². The minimum Gasteiger partial charge on any atom is -0.456 e. The van der Waals surface area contributed by atoms with Gasteiger partial charge in [0.25, 0.3) is 0 Å². The predicted molar refractivity (Wildman–Crippen MR) is 273 cm³/mol. The van der Waals surface area contributed by atoms with E-state index in [-0.39, 0.29) is 23.5 Å². The van der Waals surface area contributed by atoms with Gasteiger partial charge in [-0.3, -0.25) is 0 Å². The van der Waals surface area contributed by atoms with E-state index in [9.17, 15) is 0 Å². The van der Waals surface area contributed by atoms with Gasteiger partial charge in [0.2, 0.25) is 0 Å². The van der Waals surface area contributed by atoms with Crippen LogP contribution in [0, 0.1) is 5.92 Å². The van der Waals surface area contributed by atoms with Crippen molar-refractivity contribution in [2.75, 3.05) is 0 Å². The van der Waals surface area contributed by atoms with Crippen LogP contribution in [0.15, 0.2) is 216 Å². The average molecular weight is 848 g/mol. The van der Waals surface area contributed by atoms with Crippen LogP contribution >= 0.6 is 0 Å². The molecule has 3 nitrogen and oxygen atoms in total. The molecule has 14 rings (SSSR count). The lowest BCUT2D eigenvalue weighted by Crippen LogP contribution is -2.16. The Balaban J connectivity index is 0.875. The zero-order valence-electron chi connectivity index (χ0n) is 36.8. The molecule has 3 heteroatoms. The molecule has 3 aliphatic carbocycles. The number of furan rings is 1. The van der Waals surface area contributed by atoms with Crippen LogP contribution in [0.25, 0.3) is 94.0 Å². The van der Waals surface area contributed by atoms with E-state index in [4.69, 9.17) is 9.15 Å². The van der Waals surface area contributed by atoms with Gasteiger partial charge < -0.3 is 13.7 Å². The molecule has 10 aromatic rings. The summed E-state index contributed by atoms with van der Waals surface area (Å²) in [5, 5.41) is 4.82. The number of hydrogen-bond donors (Lipinski definition) is 0. The van der Waals surface area contributed by atoms with E-state index in [1.54, 1.807) is 0 Å². The van der Waals surface area contributed by atoms with Crippen molar-refractivity contribution in [2.24, 2.45) is 5.92 Å². The lowest BCUT2D eigenvalue weighted by atomic mass is 9.80. The monoisotopic (exact) mass is 847 g/mol. The van der Waals surface area contributed by atoms with Crippen molar-refractivity contribution in [3.8, 4) is 39.1 Å². The molecule has 314 valence electrons. The molecule has 3 heterocycles. The number of para-hydroxylation sites is 1. The second-order valence-electron chi connectivity index (χ2n) is 19.1. The molecule has 0 radical (unpaired) electrons. The highest BCUT2D eigenvalue weighted by Crippen LogP contribution is 2.54. The summed E-state index contributed by atoms with van der Waals surface area (Å²) >= 11 is 0. The lowest BCUT2D eigenvalue weighted by molar-refractivity contribution is 0.0742. The number of rotatable bonds is 5. The molecular formula is C63H45NO2. The van der Waals surface area contributed by atoms with Crippen LogP contribution in [0.2, 0.25) is 0 Å². The zero-order valence-corrected chi connectivity index (χ0v) is 36.8. The molecule has 2 aromatic heterocycles. The normalized spacial score (nSPS) is 19.1. The van der Waals surface area contributed by atoms with Gasteiger partial charge in [-0.2, -0.15) is 0 Å². The summed E-state index contributed by atoms with van der Waals surface area (Å²) in [6, 6.07) is 64.4. The Morgan fingerprint density at radius 2 is 1.18 bits per heavy atom. The fraction of sp³-hybridized carbons (Fsp3) is 0.111. The van der Waals surface area contributed by atoms with Gasteiger partial charge in [0, 0.05) is 38.6 Å². The number of benzene rings is 8. The smallest absolute Gasteiger partial charge is 0.135 e. The van der Waals surface area contributed by atoms with E-state index < -0.39 is 0 Å². The Morgan fingerprint density at radius 3 is 1.94 bits per heavy atom. The third-order valence-corrected chi connectivity index (χ3v) is 15.0. The molecular weight excluding hydrogens is 803 g/mol. The minimum atomic E-state index is -0.272. The van der Waals surface area contributed by atoms with Crippen LogP contribution in [0.4, 0.5) is 0 Å². The van der Waals surface area contributed by atoms with E-state index in [0.29, 0.717) is 0 Å². The number of nitrogens with zero attached hydrogens (tertiary/aromatic N) is 1. The molecule has 0 spiro atoms. The number of ether oxygens (including phenoxy) is 1. The van der Waals surface area contributed by atoms with Crippen LogP contribution in [-0.2, 0) is 10.2 Å². The maximum Gasteiger partial charge on any atom is 0.135 e. The molecule has 8 aromatic carbocycles. The van der Waals surface area contributed by atoms with Crippen LogP contribution < -0.4 is 0 Å². The Labute approximate surface area is 383 Å². The first kappa shape index (κ1) is 37.6. The quantitative estimate of drug-likeness (QED) is 0.173. The number of fused-ring (bicyclic) bond motifs is 13. The van der Waals surface area contributed by atoms with Crippen molar-refractivity contribution < 1.29 is 9.15 Å². The Morgan fingerprint density at radius 1 is 0.545 bits per heavy atom. The predicted octanol–water partition coefficient (Wildman–Crippen LogP) is 16.1. The minimum absolute atomic E-state index is 0.0765. The molecule has 0 N–H and O–H groups in total. The van der Waals surface area contributed by atoms with Crippen LogP contribution in [0.3, 0.4) is 0 Å². The second kappa shape index (κ2) is 14.1. The highest BCUT2D eigenvalue weighted by Gasteiger charge is 2.41. The van der Waals surface area contributed by atoms with Gasteiger partial charge >= 0.3 is 0 Å². The van der Waals surface area contributed by atoms with E-state index in [1.165, 1.54) is 99.8 Å². The van der Waals surface area contributed by atoms with Crippen molar-refractivity contribution >= 4 is 54.9 Å². The fourth-order valence-electron chi connectivity index (χ4n) is 11.8. The maximum atomic E-state index is 6.63. The van der Waals surface area contributed by atoms with Crippen LogP contribution in [0.5, 0.6) is 0 Å². The highest BCUT2D eigenvalue weighted by molar-refractivity contribution is 6.14. The molecule has 1 aliphatic heterocycles. The number of hydrogen-bond acceptors (Lipinski definition) is 2. The molecule has 1 fully saturated rings. The molecule has 3 unspecified atom stereocenters. The SMILES string of the molecule is CC1(C)c2cc(-c3ccc4oc5ccc(-c6ccccc6)cc5c4c3)ccc2-c2ccc3c4cc(C5=CCC6OC7C=CC(c8ccccc8)=CC7C6=C5)ccc4n(-c4ccccc4)c3c21. The summed E-state index contributed by atoms with van der Waals surface area (Å²) in [5.41, 5.74) is 21.8. The number of aromatic nitrogens is 1. The van der Waals surface area contributed by atoms with Gasteiger partial charge in [-0.1, -0.05) is 166 Å². The third-order valence-electron chi connectivity index (χ3n) is 15.0. The summed E-state index contributed by atoms with van der Waals surface area (Å²) in [4.78, 5) is 0. The highest BCUT2D eigenvalue weighted by atomic mass is 16.5. The first-order valence-electron chi connectivity index (χ1n) is 23.3. The molecule has 0 amide bonds. The second-order valence-corrected chi connectivity index (χ2v) is 19.1. The van der Waals surface area contributed by atoms with Crippen molar-refractivity contribution in [3.63, 3.8) is 0 Å². The summed E-state index contributed by atoms with van der Waals surface area (Å²) in [7, 11) is 0. The lowest BCUT2D eigenvalue weighted by Gasteiger charge is -2.24. The van der Waals surface area contributed by atoms with Gasteiger partial charge in [-0.15, -0.1) is 0 Å². The van der Waals surface area contributed by atoms with E-state index in [1.807, 2.05) is 0 Å². The number of allylic oxidation sites excluding steroid dienone is 4. The Bertz CT molecular complexity index is 3780. The van der Waals surface area contributed by atoms with Crippen molar-refractivity contribution in [1.29, 1.82) is 0 Å². The largest absolute Gasteiger partial charge is 0.456 e. The standard InChI is InChI=1S/C63H45NO2/c1-63(2)55-37-45(44-23-31-60-54(36-44)52-34-41(21-29-58(52)66-60)39-14-8-4-9-15-39)18-24-47(55)48-25-26-49-50-32-42(19-27-56(50)64(62(49)61(48)63)46-16-10-5-11-17-46)43-22-30-59-53(35-43)51-33-40(20-28-57(51)65-59)38-12-6-3-7-13-38/h3-29,31-37,51,57,59H,30H2,1-2H3. The molecule has 0 saturated carbocycles. The summed E-state index contributed by atoms with van der Waals surface area (Å²) in [6.07, 6.45) is 12.8. The van der Waals surface area contributed by atoms with Crippen molar-refractivity contribution in [3.05, 3.63) is 234 Å². The van der Waals surface area contributed by atoms with Gasteiger partial charge in [-0.25, -0.2) is 0 Å². The first-order chi connectivity index (χ1) is 32.4. The van der Waals surface area contributed by atoms with Crippen LogP contribution in [0.1, 0.15) is 42.5 Å². The maximum absolute atomic E-state index is 6.63. The summed E-state index contributed by atoms with van der Waals surface area (Å²) in [5.74, 6) is 0.233. The molecule has 0 bridgehead atoms. The van der Waals surface area contributed by atoms with Gasteiger partial charge in [0.15, 0.2) is 0 Å². The van der Waals surface area contributed by atoms with E-state index in [2.05, 4.69) is 225 Å². The Kier molecular flexibility index (Phi) is 8.06. The summed E-state index contributed by atoms with van der Waals surface area (Å²) in [6.45, 7) is 4.84. The molecule has 66 heavy (non-hydrogen) atoms. The average Bonchev–Trinajstić information content (AvgIpc) is 4.09. The van der Waals surface area contributed by atoms with E-state index in [0.717, 1.165) is 28.4 Å². The van der Waals surface area contributed by atoms with Gasteiger partial charge in [0.05, 0.1) is 23.2 Å². The van der Waals surface area contributed by atoms with Crippen molar-refractivity contribution in [1.82, 2.24) is 4.57 Å². The van der Waals surface area contributed by atoms with E-state index >= 15 is 0 Å². The third kappa shape index (κ3) is 5.60. The zero-order chi connectivity index (χ0) is 43.7. The van der Waals surface area contributed by atoms with Gasteiger partial charge in [0.1, 0.15) is 11.2 Å². The Hall–Kier alpha value is -7.72. The van der Waals surface area contributed by atoms with Gasteiger partial charge in [-0.05, 0) is 133 Å². The summed E-state index contributed by atoms with van der Waals surface area (Å²) < 4.78 is 15.5. The molecule has 4 aliphatic rings. The first-order valence-corrected chi connectivity index (χ1v) is 23.3. The molecule has 3 atom stereocenters.